The van der Waals surface area contributed by atoms with Gasteiger partial charge in [0.1, 0.15) is 5.82 Å². The fourth-order valence-corrected chi connectivity index (χ4v) is 4.23. The van der Waals surface area contributed by atoms with Gasteiger partial charge in [0.15, 0.2) is 0 Å². The molecule has 0 bridgehead atoms. The lowest BCUT2D eigenvalue weighted by atomic mass is 9.98. The van der Waals surface area contributed by atoms with Gasteiger partial charge in [-0.25, -0.2) is 9.37 Å². The van der Waals surface area contributed by atoms with E-state index in [2.05, 4.69) is 5.32 Å². The van der Waals surface area contributed by atoms with E-state index < -0.39 is 5.82 Å². The zero-order valence-corrected chi connectivity index (χ0v) is 16.2. The van der Waals surface area contributed by atoms with E-state index >= 15 is 0 Å². The molecular formula is C20H24FN3O2S. The number of nitrogens with one attached hydrogen (secondary N) is 1. The van der Waals surface area contributed by atoms with E-state index in [0.717, 1.165) is 23.5 Å². The number of carbonyl (C=O) groups excluding carboxylic acids is 2. The molecule has 0 spiro atoms. The molecule has 0 aliphatic carbocycles. The summed E-state index contributed by atoms with van der Waals surface area (Å²) in [6, 6.07) is 6.12. The van der Waals surface area contributed by atoms with Crippen LogP contribution in [0.3, 0.4) is 0 Å². The van der Waals surface area contributed by atoms with Crippen molar-refractivity contribution >= 4 is 23.2 Å². The number of carbonyl (C=O) groups is 2. The Morgan fingerprint density at radius 2 is 2.19 bits per heavy atom. The number of rotatable bonds is 6. The Labute approximate surface area is 162 Å². The number of benzene rings is 1. The van der Waals surface area contributed by atoms with Crippen molar-refractivity contribution in [3.63, 3.8) is 0 Å². The number of amides is 2. The SMILES string of the molecule is CCC(=O)NCCc1csc([C@H]2CCCN(C(=O)c3ccccc3F)C2)n1. The van der Waals surface area contributed by atoms with Crippen LogP contribution in [-0.4, -0.2) is 41.3 Å². The Morgan fingerprint density at radius 3 is 2.96 bits per heavy atom. The van der Waals surface area contributed by atoms with Gasteiger partial charge in [0.2, 0.25) is 5.91 Å². The average Bonchev–Trinajstić information content (AvgIpc) is 3.17. The lowest BCUT2D eigenvalue weighted by Gasteiger charge is -2.32. The molecule has 0 unspecified atom stereocenters. The van der Waals surface area contributed by atoms with Crippen molar-refractivity contribution in [1.29, 1.82) is 0 Å². The minimum absolute atomic E-state index is 0.0417. The summed E-state index contributed by atoms with van der Waals surface area (Å²) >= 11 is 1.60. The first kappa shape index (κ1) is 19.5. The van der Waals surface area contributed by atoms with Crippen LogP contribution < -0.4 is 5.32 Å². The molecule has 5 nitrogen and oxygen atoms in total. The Bertz CT molecular complexity index is 808. The molecule has 1 fully saturated rings. The summed E-state index contributed by atoms with van der Waals surface area (Å²) in [6.07, 6.45) is 3.04. The van der Waals surface area contributed by atoms with Crippen LogP contribution in [0.5, 0.6) is 0 Å². The quantitative estimate of drug-likeness (QED) is 0.824. The van der Waals surface area contributed by atoms with Gasteiger partial charge >= 0.3 is 0 Å². The van der Waals surface area contributed by atoms with Crippen molar-refractivity contribution in [3.05, 3.63) is 51.7 Å². The highest BCUT2D eigenvalue weighted by Crippen LogP contribution is 2.30. The molecule has 1 N–H and O–H groups in total. The second-order valence-corrected chi connectivity index (χ2v) is 7.59. The topological polar surface area (TPSA) is 62.3 Å². The normalized spacial score (nSPS) is 17.0. The molecule has 2 amide bonds. The monoisotopic (exact) mass is 389 g/mol. The Hall–Kier alpha value is -2.28. The molecule has 7 heteroatoms. The van der Waals surface area contributed by atoms with Gasteiger partial charge in [0, 0.05) is 43.8 Å². The first-order valence-corrected chi connectivity index (χ1v) is 10.2. The molecule has 1 saturated heterocycles. The van der Waals surface area contributed by atoms with Gasteiger partial charge in [-0.15, -0.1) is 11.3 Å². The Kier molecular flexibility index (Phi) is 6.55. The third kappa shape index (κ3) is 4.91. The number of halogens is 1. The summed E-state index contributed by atoms with van der Waals surface area (Å²) in [7, 11) is 0. The van der Waals surface area contributed by atoms with Gasteiger partial charge in [-0.3, -0.25) is 9.59 Å². The predicted molar refractivity (Wildman–Crippen MR) is 103 cm³/mol. The fourth-order valence-electron chi connectivity index (χ4n) is 3.25. The lowest BCUT2D eigenvalue weighted by Crippen LogP contribution is -2.39. The van der Waals surface area contributed by atoms with E-state index in [1.165, 1.54) is 12.1 Å². The molecule has 1 atom stereocenters. The third-order valence-corrected chi connectivity index (χ3v) is 5.81. The van der Waals surface area contributed by atoms with Gasteiger partial charge in [-0.1, -0.05) is 19.1 Å². The number of aromatic nitrogens is 1. The molecule has 0 radical (unpaired) electrons. The van der Waals surface area contributed by atoms with Crippen molar-refractivity contribution in [1.82, 2.24) is 15.2 Å². The van der Waals surface area contributed by atoms with Gasteiger partial charge in [0.25, 0.3) is 5.91 Å². The molecule has 3 rings (SSSR count). The highest BCUT2D eigenvalue weighted by atomic mass is 32.1. The molecule has 27 heavy (non-hydrogen) atoms. The molecule has 1 aromatic carbocycles. The van der Waals surface area contributed by atoms with Gasteiger partial charge in [-0.2, -0.15) is 0 Å². The van der Waals surface area contributed by atoms with Gasteiger partial charge < -0.3 is 10.2 Å². The molecule has 2 aromatic rings. The van der Waals surface area contributed by atoms with Crippen LogP contribution in [-0.2, 0) is 11.2 Å². The maximum absolute atomic E-state index is 13.9. The fraction of sp³-hybridized carbons (Fsp3) is 0.450. The summed E-state index contributed by atoms with van der Waals surface area (Å²) in [6.45, 7) is 3.61. The molecule has 1 aliphatic heterocycles. The number of hydrogen-bond donors (Lipinski definition) is 1. The second-order valence-electron chi connectivity index (χ2n) is 6.70. The predicted octanol–water partition coefficient (Wildman–Crippen LogP) is 3.37. The van der Waals surface area contributed by atoms with Crippen molar-refractivity contribution in [2.75, 3.05) is 19.6 Å². The van der Waals surface area contributed by atoms with E-state index in [1.807, 2.05) is 12.3 Å². The Morgan fingerprint density at radius 1 is 1.37 bits per heavy atom. The van der Waals surface area contributed by atoms with Crippen LogP contribution in [0, 0.1) is 5.82 Å². The maximum Gasteiger partial charge on any atom is 0.256 e. The minimum Gasteiger partial charge on any atom is -0.356 e. The van der Waals surface area contributed by atoms with Crippen LogP contribution in [0.2, 0.25) is 0 Å². The zero-order valence-electron chi connectivity index (χ0n) is 15.4. The van der Waals surface area contributed by atoms with Crippen LogP contribution in [0.1, 0.15) is 53.2 Å². The lowest BCUT2D eigenvalue weighted by molar-refractivity contribution is -0.120. The number of hydrogen-bond acceptors (Lipinski definition) is 4. The minimum atomic E-state index is -0.477. The van der Waals surface area contributed by atoms with E-state index in [9.17, 15) is 14.0 Å². The first-order chi connectivity index (χ1) is 13.1. The zero-order chi connectivity index (χ0) is 19.2. The number of piperidine rings is 1. The van der Waals surface area contributed by atoms with Crippen LogP contribution in [0.15, 0.2) is 29.6 Å². The van der Waals surface area contributed by atoms with E-state index in [1.54, 1.807) is 28.4 Å². The first-order valence-electron chi connectivity index (χ1n) is 9.33. The summed E-state index contributed by atoms with van der Waals surface area (Å²) in [5, 5.41) is 5.88. The molecular weight excluding hydrogens is 365 g/mol. The van der Waals surface area contributed by atoms with Crippen molar-refractivity contribution in [2.45, 2.75) is 38.5 Å². The molecule has 1 aliphatic rings. The third-order valence-electron chi connectivity index (χ3n) is 4.76. The van der Waals surface area contributed by atoms with Crippen LogP contribution in [0.25, 0.3) is 0 Å². The molecule has 1 aromatic heterocycles. The summed E-state index contributed by atoms with van der Waals surface area (Å²) in [4.78, 5) is 30.4. The largest absolute Gasteiger partial charge is 0.356 e. The summed E-state index contributed by atoms with van der Waals surface area (Å²) in [5.41, 5.74) is 1.09. The Balaban J connectivity index is 1.60. The smallest absolute Gasteiger partial charge is 0.256 e. The summed E-state index contributed by atoms with van der Waals surface area (Å²) in [5.74, 6) is -0.509. The molecule has 0 saturated carbocycles. The number of thiazole rings is 1. The molecule has 2 heterocycles. The van der Waals surface area contributed by atoms with Crippen molar-refractivity contribution in [3.8, 4) is 0 Å². The number of likely N-dealkylation sites (tertiary alicyclic amines) is 1. The van der Waals surface area contributed by atoms with E-state index in [4.69, 9.17) is 4.98 Å². The standard InChI is InChI=1S/C20H24FN3O2S/c1-2-18(25)22-10-9-15-13-27-19(23-15)14-6-5-11-24(12-14)20(26)16-7-3-4-8-17(16)21/h3-4,7-8,13-14H,2,5-6,9-12H2,1H3,(H,22,25)/t14-/m0/s1. The average molecular weight is 389 g/mol. The van der Waals surface area contributed by atoms with E-state index in [0.29, 0.717) is 32.5 Å². The van der Waals surface area contributed by atoms with Gasteiger partial charge in [-0.05, 0) is 25.0 Å². The van der Waals surface area contributed by atoms with Crippen molar-refractivity contribution in [2.24, 2.45) is 0 Å². The highest BCUT2D eigenvalue weighted by molar-refractivity contribution is 7.09. The maximum atomic E-state index is 13.9. The second kappa shape index (κ2) is 9.08. The number of nitrogens with zero attached hydrogens (tertiary/aromatic N) is 2. The molecule has 144 valence electrons. The van der Waals surface area contributed by atoms with Crippen LogP contribution in [0.4, 0.5) is 4.39 Å². The van der Waals surface area contributed by atoms with Crippen molar-refractivity contribution < 1.29 is 14.0 Å². The van der Waals surface area contributed by atoms with Gasteiger partial charge in [0.05, 0.1) is 16.3 Å². The van der Waals surface area contributed by atoms with E-state index in [-0.39, 0.29) is 23.3 Å². The highest BCUT2D eigenvalue weighted by Gasteiger charge is 2.28. The summed E-state index contributed by atoms with van der Waals surface area (Å²) < 4.78 is 13.9. The van der Waals surface area contributed by atoms with Crippen LogP contribution >= 0.6 is 11.3 Å².